The van der Waals surface area contributed by atoms with Gasteiger partial charge in [0.05, 0.1) is 11.1 Å². The first-order chi connectivity index (χ1) is 9.88. The van der Waals surface area contributed by atoms with Gasteiger partial charge in [-0.15, -0.1) is 0 Å². The van der Waals surface area contributed by atoms with Crippen molar-refractivity contribution in [3.63, 3.8) is 0 Å². The van der Waals surface area contributed by atoms with Gasteiger partial charge in [0, 0.05) is 16.3 Å². The van der Waals surface area contributed by atoms with E-state index in [9.17, 15) is 9.18 Å². The van der Waals surface area contributed by atoms with Crippen LogP contribution >= 0.6 is 23.2 Å². The van der Waals surface area contributed by atoms with Gasteiger partial charge in [-0.2, -0.15) is 0 Å². The number of amides is 1. The van der Waals surface area contributed by atoms with E-state index in [0.717, 1.165) is 0 Å². The van der Waals surface area contributed by atoms with E-state index < -0.39 is 11.7 Å². The van der Waals surface area contributed by atoms with Crippen LogP contribution in [0, 0.1) is 5.82 Å². The summed E-state index contributed by atoms with van der Waals surface area (Å²) >= 11 is 11.8. The fourth-order valence-electron chi connectivity index (χ4n) is 1.96. The summed E-state index contributed by atoms with van der Waals surface area (Å²) in [5.74, 6) is -1.04. The van der Waals surface area contributed by atoms with Crippen LogP contribution in [0.3, 0.4) is 0 Å². The van der Waals surface area contributed by atoms with E-state index in [4.69, 9.17) is 28.9 Å². The smallest absolute Gasteiger partial charge is 0.248 e. The molecule has 21 heavy (non-hydrogen) atoms. The third-order valence-corrected chi connectivity index (χ3v) is 3.65. The van der Waals surface area contributed by atoms with E-state index in [1.165, 1.54) is 12.1 Å². The summed E-state index contributed by atoms with van der Waals surface area (Å²) in [6.45, 7) is 1.82. The Morgan fingerprint density at radius 1 is 1.24 bits per heavy atom. The van der Waals surface area contributed by atoms with Gasteiger partial charge < -0.3 is 11.1 Å². The van der Waals surface area contributed by atoms with Crippen molar-refractivity contribution in [2.75, 3.05) is 5.32 Å². The van der Waals surface area contributed by atoms with E-state index in [0.29, 0.717) is 21.8 Å². The molecular formula is C15H13Cl2FN2O. The molecule has 3 N–H and O–H groups in total. The number of rotatable bonds is 4. The van der Waals surface area contributed by atoms with Crippen molar-refractivity contribution in [1.29, 1.82) is 0 Å². The zero-order valence-corrected chi connectivity index (χ0v) is 12.7. The van der Waals surface area contributed by atoms with Crippen molar-refractivity contribution in [3.8, 4) is 0 Å². The Morgan fingerprint density at radius 3 is 2.62 bits per heavy atom. The maximum Gasteiger partial charge on any atom is 0.248 e. The molecule has 1 unspecified atom stereocenters. The van der Waals surface area contributed by atoms with Gasteiger partial charge in [-0.3, -0.25) is 4.79 Å². The van der Waals surface area contributed by atoms with Gasteiger partial charge in [-0.1, -0.05) is 29.3 Å². The van der Waals surface area contributed by atoms with E-state index in [2.05, 4.69) is 5.32 Å². The first kappa shape index (κ1) is 15.6. The van der Waals surface area contributed by atoms with Crippen molar-refractivity contribution in [3.05, 3.63) is 63.4 Å². The number of hydrogen-bond acceptors (Lipinski definition) is 2. The van der Waals surface area contributed by atoms with Crippen LogP contribution in [0.4, 0.5) is 10.1 Å². The second-order valence-electron chi connectivity index (χ2n) is 4.60. The minimum Gasteiger partial charge on any atom is -0.378 e. The Balaban J connectivity index is 2.26. The van der Waals surface area contributed by atoms with Crippen LogP contribution in [0.1, 0.15) is 28.9 Å². The molecule has 0 aliphatic rings. The first-order valence-corrected chi connectivity index (χ1v) is 6.95. The molecule has 2 aromatic carbocycles. The van der Waals surface area contributed by atoms with Crippen molar-refractivity contribution in [1.82, 2.24) is 0 Å². The molecule has 2 aromatic rings. The number of anilines is 1. The topological polar surface area (TPSA) is 55.1 Å². The van der Waals surface area contributed by atoms with Crippen LogP contribution in [0.5, 0.6) is 0 Å². The van der Waals surface area contributed by atoms with Crippen molar-refractivity contribution in [2.24, 2.45) is 5.73 Å². The highest BCUT2D eigenvalue weighted by atomic mass is 35.5. The average Bonchev–Trinajstić information content (AvgIpc) is 2.43. The van der Waals surface area contributed by atoms with Crippen LogP contribution in [0.2, 0.25) is 10.0 Å². The number of carbonyl (C=O) groups is 1. The number of carbonyl (C=O) groups excluding carboxylic acids is 1. The van der Waals surface area contributed by atoms with Crippen molar-refractivity contribution >= 4 is 34.8 Å². The molecule has 0 heterocycles. The van der Waals surface area contributed by atoms with Crippen LogP contribution in [-0.2, 0) is 0 Å². The van der Waals surface area contributed by atoms with Gasteiger partial charge in [-0.05, 0) is 42.8 Å². The molecule has 0 aliphatic heterocycles. The molecule has 0 saturated carbocycles. The molecule has 1 atom stereocenters. The largest absolute Gasteiger partial charge is 0.378 e. The molecule has 0 spiro atoms. The predicted molar refractivity (Wildman–Crippen MR) is 83.4 cm³/mol. The molecule has 2 rings (SSSR count). The van der Waals surface area contributed by atoms with Gasteiger partial charge >= 0.3 is 0 Å². The molecule has 0 aromatic heterocycles. The normalized spacial score (nSPS) is 12.0. The zero-order valence-electron chi connectivity index (χ0n) is 11.2. The van der Waals surface area contributed by atoms with Gasteiger partial charge in [0.25, 0.3) is 0 Å². The van der Waals surface area contributed by atoms with E-state index in [1.807, 2.05) is 6.92 Å². The van der Waals surface area contributed by atoms with Crippen LogP contribution < -0.4 is 11.1 Å². The summed E-state index contributed by atoms with van der Waals surface area (Å²) in [6.07, 6.45) is 0. The summed E-state index contributed by atoms with van der Waals surface area (Å²) in [4.78, 5) is 11.2. The van der Waals surface area contributed by atoms with Gasteiger partial charge in [0.15, 0.2) is 0 Å². The SMILES string of the molecule is CC(Nc1cccc(C(N)=O)c1)c1cc(F)c(Cl)cc1Cl. The average molecular weight is 327 g/mol. The van der Waals surface area contributed by atoms with Crippen molar-refractivity contribution in [2.45, 2.75) is 13.0 Å². The second-order valence-corrected chi connectivity index (χ2v) is 5.41. The third-order valence-electron chi connectivity index (χ3n) is 3.04. The van der Waals surface area contributed by atoms with Crippen molar-refractivity contribution < 1.29 is 9.18 Å². The molecule has 1 amide bonds. The summed E-state index contributed by atoms with van der Waals surface area (Å²) in [7, 11) is 0. The quantitative estimate of drug-likeness (QED) is 0.818. The van der Waals surface area contributed by atoms with E-state index in [-0.39, 0.29) is 11.1 Å². The van der Waals surface area contributed by atoms with E-state index >= 15 is 0 Å². The molecule has 6 heteroatoms. The Labute approximate surface area is 131 Å². The number of primary amides is 1. The first-order valence-electron chi connectivity index (χ1n) is 6.19. The summed E-state index contributed by atoms with van der Waals surface area (Å²) < 4.78 is 13.5. The lowest BCUT2D eigenvalue weighted by Crippen LogP contribution is -2.12. The second kappa shape index (κ2) is 6.33. The number of nitrogens with one attached hydrogen (secondary N) is 1. The summed E-state index contributed by atoms with van der Waals surface area (Å²) in [5, 5.41) is 3.49. The monoisotopic (exact) mass is 326 g/mol. The molecule has 3 nitrogen and oxygen atoms in total. The van der Waals surface area contributed by atoms with Gasteiger partial charge in [0.1, 0.15) is 5.82 Å². The van der Waals surface area contributed by atoms with Gasteiger partial charge in [0.2, 0.25) is 5.91 Å². The van der Waals surface area contributed by atoms with E-state index in [1.54, 1.807) is 24.3 Å². The maximum atomic E-state index is 13.5. The third kappa shape index (κ3) is 3.65. The lowest BCUT2D eigenvalue weighted by atomic mass is 10.1. The van der Waals surface area contributed by atoms with Crippen LogP contribution in [0.15, 0.2) is 36.4 Å². The Bertz CT molecular complexity index is 691. The van der Waals surface area contributed by atoms with Crippen LogP contribution in [-0.4, -0.2) is 5.91 Å². The fraction of sp³-hybridized carbons (Fsp3) is 0.133. The highest BCUT2D eigenvalue weighted by Gasteiger charge is 2.14. The van der Waals surface area contributed by atoms with Gasteiger partial charge in [-0.25, -0.2) is 4.39 Å². The molecule has 0 radical (unpaired) electrons. The molecule has 0 fully saturated rings. The number of halogens is 3. The highest BCUT2D eigenvalue weighted by Crippen LogP contribution is 2.30. The standard InChI is InChI=1S/C15H13Cl2FN2O/c1-8(11-6-14(18)13(17)7-12(11)16)20-10-4-2-3-9(5-10)15(19)21/h2-8,20H,1H3,(H2,19,21). The lowest BCUT2D eigenvalue weighted by molar-refractivity contribution is 0.100. The Hall–Kier alpha value is -1.78. The Kier molecular flexibility index (Phi) is 4.70. The fourth-order valence-corrected chi connectivity index (χ4v) is 2.51. The highest BCUT2D eigenvalue weighted by molar-refractivity contribution is 6.35. The molecule has 0 saturated heterocycles. The molecule has 0 aliphatic carbocycles. The van der Waals surface area contributed by atoms with Crippen LogP contribution in [0.25, 0.3) is 0 Å². The summed E-state index contributed by atoms with van der Waals surface area (Å²) in [6, 6.07) is 9.12. The lowest BCUT2D eigenvalue weighted by Gasteiger charge is -2.18. The summed E-state index contributed by atoms with van der Waals surface area (Å²) in [5.41, 5.74) is 6.88. The zero-order chi connectivity index (χ0) is 15.6. The maximum absolute atomic E-state index is 13.5. The molecular weight excluding hydrogens is 314 g/mol. The predicted octanol–water partition coefficient (Wildman–Crippen LogP) is 4.40. The number of benzene rings is 2. The number of hydrogen-bond donors (Lipinski definition) is 2. The Morgan fingerprint density at radius 2 is 1.95 bits per heavy atom. The molecule has 110 valence electrons. The number of nitrogens with two attached hydrogens (primary N) is 1. The molecule has 0 bridgehead atoms. The minimum atomic E-state index is -0.532. The minimum absolute atomic E-state index is 0.0216.